The first kappa shape index (κ1) is 16.1. The Balaban J connectivity index is 1.94. The summed E-state index contributed by atoms with van der Waals surface area (Å²) in [5.74, 6) is 0.454. The first-order valence-corrected chi connectivity index (χ1v) is 9.12. The van der Waals surface area contributed by atoms with Crippen molar-refractivity contribution in [1.29, 1.82) is 0 Å². The molecule has 0 saturated heterocycles. The molecular formula is C16H17N5O2S. The predicted molar refractivity (Wildman–Crippen MR) is 91.8 cm³/mol. The number of aromatic nitrogens is 4. The fourth-order valence-electron chi connectivity index (χ4n) is 2.27. The molecule has 0 fully saturated rings. The van der Waals surface area contributed by atoms with Crippen LogP contribution in [0.2, 0.25) is 0 Å². The first-order chi connectivity index (χ1) is 11.3. The van der Waals surface area contributed by atoms with Crippen molar-refractivity contribution in [1.82, 2.24) is 19.7 Å². The van der Waals surface area contributed by atoms with Gasteiger partial charge in [-0.2, -0.15) is 5.10 Å². The number of rotatable bonds is 4. The molecule has 0 aliphatic rings. The lowest BCUT2D eigenvalue weighted by Gasteiger charge is -2.08. The zero-order chi connectivity index (χ0) is 17.3. The summed E-state index contributed by atoms with van der Waals surface area (Å²) >= 11 is 0. The SMILES string of the molecule is Cc1cnc(Nc2cnn(C)c2)nc1-c1ccc(S(C)(=O)=O)cc1. The van der Waals surface area contributed by atoms with Crippen LogP contribution in [0.5, 0.6) is 0 Å². The number of hydrogen-bond donors (Lipinski definition) is 1. The lowest BCUT2D eigenvalue weighted by atomic mass is 10.1. The molecule has 0 aliphatic heterocycles. The van der Waals surface area contributed by atoms with E-state index in [4.69, 9.17) is 0 Å². The molecule has 8 heteroatoms. The molecule has 3 rings (SSSR count). The molecule has 2 aromatic heterocycles. The van der Waals surface area contributed by atoms with Gasteiger partial charge >= 0.3 is 0 Å². The van der Waals surface area contributed by atoms with Crippen LogP contribution < -0.4 is 5.32 Å². The van der Waals surface area contributed by atoms with Crippen molar-refractivity contribution in [3.63, 3.8) is 0 Å². The maximum atomic E-state index is 11.6. The predicted octanol–water partition coefficient (Wildman–Crippen LogP) is 2.33. The van der Waals surface area contributed by atoms with Crippen molar-refractivity contribution in [3.05, 3.63) is 48.4 Å². The Bertz CT molecular complexity index is 978. The van der Waals surface area contributed by atoms with Gasteiger partial charge < -0.3 is 5.32 Å². The lowest BCUT2D eigenvalue weighted by molar-refractivity contribution is 0.602. The van der Waals surface area contributed by atoms with Crippen LogP contribution in [0.25, 0.3) is 11.3 Å². The molecule has 7 nitrogen and oxygen atoms in total. The molecule has 0 atom stereocenters. The third-order valence-corrected chi connectivity index (χ3v) is 4.62. The van der Waals surface area contributed by atoms with Gasteiger partial charge in [0, 0.05) is 31.3 Å². The molecule has 0 bridgehead atoms. The van der Waals surface area contributed by atoms with Gasteiger partial charge in [-0.3, -0.25) is 4.68 Å². The summed E-state index contributed by atoms with van der Waals surface area (Å²) in [6.45, 7) is 1.91. The van der Waals surface area contributed by atoms with E-state index < -0.39 is 9.84 Å². The normalized spacial score (nSPS) is 11.5. The van der Waals surface area contributed by atoms with Gasteiger partial charge in [0.25, 0.3) is 0 Å². The lowest BCUT2D eigenvalue weighted by Crippen LogP contribution is -2.00. The number of anilines is 2. The standard InChI is InChI=1S/C16H17N5O2S/c1-11-8-17-16(19-13-9-18-21(2)10-13)20-15(11)12-4-6-14(7-5-12)24(3,22)23/h4-10H,1-3H3,(H,17,19,20). The molecule has 0 unspecified atom stereocenters. The molecular weight excluding hydrogens is 326 g/mol. The molecule has 3 aromatic rings. The third-order valence-electron chi connectivity index (χ3n) is 3.49. The molecule has 2 heterocycles. The van der Waals surface area contributed by atoms with Crippen LogP contribution in [0.15, 0.2) is 47.8 Å². The van der Waals surface area contributed by atoms with E-state index in [2.05, 4.69) is 20.4 Å². The molecule has 1 N–H and O–H groups in total. The highest BCUT2D eigenvalue weighted by Gasteiger charge is 2.10. The van der Waals surface area contributed by atoms with Gasteiger partial charge in [-0.05, 0) is 24.6 Å². The number of aryl methyl sites for hydroxylation is 2. The van der Waals surface area contributed by atoms with Crippen molar-refractivity contribution >= 4 is 21.5 Å². The second-order valence-electron chi connectivity index (χ2n) is 5.55. The summed E-state index contributed by atoms with van der Waals surface area (Å²) in [4.78, 5) is 9.08. The molecule has 1 aromatic carbocycles. The summed E-state index contributed by atoms with van der Waals surface area (Å²) in [5.41, 5.74) is 3.27. The van der Waals surface area contributed by atoms with Gasteiger partial charge in [0.05, 0.1) is 22.5 Å². The zero-order valence-corrected chi connectivity index (χ0v) is 14.4. The van der Waals surface area contributed by atoms with Crippen LogP contribution in [0.1, 0.15) is 5.56 Å². The van der Waals surface area contributed by atoms with Gasteiger partial charge in [-0.1, -0.05) is 12.1 Å². The number of nitrogens with one attached hydrogen (secondary N) is 1. The van der Waals surface area contributed by atoms with Crippen LogP contribution in [-0.4, -0.2) is 34.4 Å². The Kier molecular flexibility index (Phi) is 4.06. The fourth-order valence-corrected chi connectivity index (χ4v) is 2.90. The maximum absolute atomic E-state index is 11.6. The number of benzene rings is 1. The van der Waals surface area contributed by atoms with E-state index >= 15 is 0 Å². The van der Waals surface area contributed by atoms with E-state index in [1.165, 1.54) is 6.26 Å². The van der Waals surface area contributed by atoms with E-state index in [1.807, 2.05) is 20.2 Å². The largest absolute Gasteiger partial charge is 0.321 e. The van der Waals surface area contributed by atoms with E-state index in [-0.39, 0.29) is 4.90 Å². The highest BCUT2D eigenvalue weighted by atomic mass is 32.2. The zero-order valence-electron chi connectivity index (χ0n) is 13.6. The smallest absolute Gasteiger partial charge is 0.227 e. The Morgan fingerprint density at radius 3 is 2.42 bits per heavy atom. The van der Waals surface area contributed by atoms with Gasteiger partial charge in [-0.15, -0.1) is 0 Å². The molecule has 0 amide bonds. The molecule has 124 valence electrons. The summed E-state index contributed by atoms with van der Waals surface area (Å²) in [6.07, 6.45) is 6.42. The number of nitrogens with zero attached hydrogens (tertiary/aromatic N) is 4. The first-order valence-electron chi connectivity index (χ1n) is 7.23. The molecule has 0 spiro atoms. The van der Waals surface area contributed by atoms with Crippen molar-refractivity contribution in [2.75, 3.05) is 11.6 Å². The van der Waals surface area contributed by atoms with E-state index in [0.717, 1.165) is 22.5 Å². The Morgan fingerprint density at radius 2 is 1.83 bits per heavy atom. The van der Waals surface area contributed by atoms with Crippen LogP contribution in [0.4, 0.5) is 11.6 Å². The van der Waals surface area contributed by atoms with Crippen LogP contribution >= 0.6 is 0 Å². The highest BCUT2D eigenvalue weighted by Crippen LogP contribution is 2.24. The third kappa shape index (κ3) is 3.43. The van der Waals surface area contributed by atoms with Gasteiger partial charge in [-0.25, -0.2) is 18.4 Å². The monoisotopic (exact) mass is 343 g/mol. The number of sulfone groups is 1. The van der Waals surface area contributed by atoms with Crippen LogP contribution in [-0.2, 0) is 16.9 Å². The summed E-state index contributed by atoms with van der Waals surface area (Å²) < 4.78 is 24.8. The molecule has 24 heavy (non-hydrogen) atoms. The van der Waals surface area contributed by atoms with Crippen LogP contribution in [0.3, 0.4) is 0 Å². The Labute approximate surface area is 140 Å². The van der Waals surface area contributed by atoms with Crippen LogP contribution in [0, 0.1) is 6.92 Å². The minimum Gasteiger partial charge on any atom is -0.321 e. The average Bonchev–Trinajstić information content (AvgIpc) is 2.93. The van der Waals surface area contributed by atoms with E-state index in [0.29, 0.717) is 5.95 Å². The fraction of sp³-hybridized carbons (Fsp3) is 0.188. The van der Waals surface area contributed by atoms with Gasteiger partial charge in [0.15, 0.2) is 9.84 Å². The van der Waals surface area contributed by atoms with Gasteiger partial charge in [0.1, 0.15) is 0 Å². The Morgan fingerprint density at radius 1 is 1.12 bits per heavy atom. The highest BCUT2D eigenvalue weighted by molar-refractivity contribution is 7.90. The van der Waals surface area contributed by atoms with Gasteiger partial charge in [0.2, 0.25) is 5.95 Å². The molecule has 0 aliphatic carbocycles. The van der Waals surface area contributed by atoms with Crippen molar-refractivity contribution < 1.29 is 8.42 Å². The quantitative estimate of drug-likeness (QED) is 0.782. The minimum atomic E-state index is -3.21. The minimum absolute atomic E-state index is 0.284. The second kappa shape index (κ2) is 6.04. The second-order valence-corrected chi connectivity index (χ2v) is 7.57. The van der Waals surface area contributed by atoms with Crippen molar-refractivity contribution in [2.45, 2.75) is 11.8 Å². The summed E-state index contributed by atoms with van der Waals surface area (Å²) in [7, 11) is -1.38. The summed E-state index contributed by atoms with van der Waals surface area (Å²) in [5, 5.41) is 7.18. The van der Waals surface area contributed by atoms with E-state index in [9.17, 15) is 8.42 Å². The summed E-state index contributed by atoms with van der Waals surface area (Å²) in [6, 6.07) is 6.67. The van der Waals surface area contributed by atoms with Crippen molar-refractivity contribution in [3.8, 4) is 11.3 Å². The maximum Gasteiger partial charge on any atom is 0.227 e. The number of hydrogen-bond acceptors (Lipinski definition) is 6. The molecule has 0 saturated carbocycles. The average molecular weight is 343 g/mol. The topological polar surface area (TPSA) is 89.8 Å². The molecule has 0 radical (unpaired) electrons. The van der Waals surface area contributed by atoms with Crippen molar-refractivity contribution in [2.24, 2.45) is 7.05 Å². The Hall–Kier alpha value is -2.74. The van der Waals surface area contributed by atoms with E-state index in [1.54, 1.807) is 41.3 Å².